The van der Waals surface area contributed by atoms with Crippen molar-refractivity contribution >= 4 is 5.91 Å². The van der Waals surface area contributed by atoms with Crippen LogP contribution in [0, 0.1) is 12.3 Å². The molecule has 0 saturated heterocycles. The minimum Gasteiger partial charge on any atom is -0.339 e. The number of nitrogens with two attached hydrogens (primary N) is 1. The normalized spacial score (nSPS) is 12.6. The summed E-state index contributed by atoms with van der Waals surface area (Å²) in [5, 5.41) is 2.73. The molecule has 0 aromatic heterocycles. The first-order valence-corrected chi connectivity index (χ1v) is 5.54. The topological polar surface area (TPSA) is 55.1 Å². The van der Waals surface area contributed by atoms with Crippen molar-refractivity contribution in [3.63, 3.8) is 0 Å². The monoisotopic (exact) mass is 230 g/mol. The fourth-order valence-corrected chi connectivity index (χ4v) is 1.40. The molecule has 0 aliphatic heterocycles. The number of rotatable bonds is 4. The van der Waals surface area contributed by atoms with Crippen molar-refractivity contribution in [2.75, 3.05) is 0 Å². The average molecular weight is 230 g/mol. The van der Waals surface area contributed by atoms with Crippen molar-refractivity contribution < 1.29 is 4.79 Å². The highest BCUT2D eigenvalue weighted by molar-refractivity contribution is 5.82. The zero-order chi connectivity index (χ0) is 12.9. The molecule has 3 nitrogen and oxygen atoms in total. The van der Waals surface area contributed by atoms with E-state index in [0.717, 1.165) is 5.56 Å². The van der Waals surface area contributed by atoms with Gasteiger partial charge in [-0.3, -0.25) is 4.79 Å². The molecule has 0 aliphatic rings. The number of hydrogen-bond donors (Lipinski definition) is 2. The molecule has 1 aromatic rings. The molecular formula is C14H18N2O. The first kappa shape index (κ1) is 13.3. The van der Waals surface area contributed by atoms with E-state index in [2.05, 4.69) is 11.2 Å². The molecule has 1 rings (SSSR count). The SMILES string of the molecule is C#CC(C)(C)NC(=O)[C@H](N)Cc1ccccc1. The van der Waals surface area contributed by atoms with Crippen LogP contribution in [0.25, 0.3) is 0 Å². The fraction of sp³-hybridized carbons (Fsp3) is 0.357. The molecule has 0 heterocycles. The molecule has 0 fully saturated rings. The van der Waals surface area contributed by atoms with Crippen molar-refractivity contribution in [1.29, 1.82) is 0 Å². The van der Waals surface area contributed by atoms with Crippen LogP contribution in [0.1, 0.15) is 19.4 Å². The summed E-state index contributed by atoms with van der Waals surface area (Å²) in [6.45, 7) is 3.53. The molecule has 1 aromatic carbocycles. The van der Waals surface area contributed by atoms with Gasteiger partial charge in [0.2, 0.25) is 5.91 Å². The number of amides is 1. The summed E-state index contributed by atoms with van der Waals surface area (Å²) >= 11 is 0. The summed E-state index contributed by atoms with van der Waals surface area (Å²) in [6, 6.07) is 9.08. The minimum atomic E-state index is -0.661. The molecule has 3 N–H and O–H groups in total. The highest BCUT2D eigenvalue weighted by atomic mass is 16.2. The summed E-state index contributed by atoms with van der Waals surface area (Å²) in [6.07, 6.45) is 5.81. The van der Waals surface area contributed by atoms with Gasteiger partial charge >= 0.3 is 0 Å². The number of carbonyl (C=O) groups excluding carboxylic acids is 1. The van der Waals surface area contributed by atoms with Crippen molar-refractivity contribution in [1.82, 2.24) is 5.32 Å². The lowest BCUT2D eigenvalue weighted by Crippen LogP contribution is -2.50. The van der Waals surface area contributed by atoms with E-state index >= 15 is 0 Å². The Labute approximate surface area is 102 Å². The second kappa shape index (κ2) is 5.51. The van der Waals surface area contributed by atoms with Crippen molar-refractivity contribution in [3.8, 4) is 12.3 Å². The quantitative estimate of drug-likeness (QED) is 0.761. The Morgan fingerprint density at radius 2 is 2.06 bits per heavy atom. The van der Waals surface area contributed by atoms with Gasteiger partial charge in [-0.2, -0.15) is 0 Å². The van der Waals surface area contributed by atoms with Gasteiger partial charge in [0.25, 0.3) is 0 Å². The van der Waals surface area contributed by atoms with Gasteiger partial charge in [0.1, 0.15) is 0 Å². The first-order valence-electron chi connectivity index (χ1n) is 5.54. The van der Waals surface area contributed by atoms with Crippen molar-refractivity contribution in [3.05, 3.63) is 35.9 Å². The van der Waals surface area contributed by atoms with Crippen LogP contribution in [0.3, 0.4) is 0 Å². The molecule has 17 heavy (non-hydrogen) atoms. The number of terminal acetylenes is 1. The van der Waals surface area contributed by atoms with Crippen LogP contribution in [0.4, 0.5) is 0 Å². The van der Waals surface area contributed by atoms with E-state index in [9.17, 15) is 4.79 Å². The number of carbonyl (C=O) groups is 1. The maximum absolute atomic E-state index is 11.8. The lowest BCUT2D eigenvalue weighted by Gasteiger charge is -2.22. The fourth-order valence-electron chi connectivity index (χ4n) is 1.40. The Bertz CT molecular complexity index is 418. The lowest BCUT2D eigenvalue weighted by atomic mass is 10.0. The van der Waals surface area contributed by atoms with Crippen LogP contribution in [0.2, 0.25) is 0 Å². The summed E-state index contributed by atoms with van der Waals surface area (Å²) in [5.41, 5.74) is 6.20. The molecule has 3 heteroatoms. The molecule has 1 atom stereocenters. The van der Waals surface area contributed by atoms with Crippen molar-refractivity contribution in [2.24, 2.45) is 5.73 Å². The highest BCUT2D eigenvalue weighted by Gasteiger charge is 2.21. The Balaban J connectivity index is 2.57. The second-order valence-electron chi connectivity index (χ2n) is 4.55. The van der Waals surface area contributed by atoms with Crippen LogP contribution in [0.5, 0.6) is 0 Å². The smallest absolute Gasteiger partial charge is 0.238 e. The van der Waals surface area contributed by atoms with Crippen LogP contribution in [0.15, 0.2) is 30.3 Å². The van der Waals surface area contributed by atoms with Gasteiger partial charge in [-0.25, -0.2) is 0 Å². The van der Waals surface area contributed by atoms with E-state index < -0.39 is 11.6 Å². The molecule has 0 aliphatic carbocycles. The lowest BCUT2D eigenvalue weighted by molar-refractivity contribution is -0.123. The van der Waals surface area contributed by atoms with Gasteiger partial charge in [-0.1, -0.05) is 36.3 Å². The number of nitrogens with one attached hydrogen (secondary N) is 1. The summed E-state index contributed by atoms with van der Waals surface area (Å²) in [5.74, 6) is 2.28. The van der Waals surface area contributed by atoms with E-state index in [1.165, 1.54) is 0 Å². The van der Waals surface area contributed by atoms with E-state index in [1.54, 1.807) is 13.8 Å². The van der Waals surface area contributed by atoms with E-state index in [0.29, 0.717) is 6.42 Å². The number of hydrogen-bond acceptors (Lipinski definition) is 2. The zero-order valence-electron chi connectivity index (χ0n) is 10.2. The maximum Gasteiger partial charge on any atom is 0.238 e. The third kappa shape index (κ3) is 4.29. The average Bonchev–Trinajstić information content (AvgIpc) is 2.30. The van der Waals surface area contributed by atoms with Gasteiger partial charge in [0.05, 0.1) is 11.6 Å². The predicted molar refractivity (Wildman–Crippen MR) is 69.2 cm³/mol. The standard InChI is InChI=1S/C14H18N2O/c1-4-14(2,3)16-13(17)12(15)10-11-8-6-5-7-9-11/h1,5-9,12H,10,15H2,2-3H3,(H,16,17)/t12-/m1/s1. The van der Waals surface area contributed by atoms with Crippen LogP contribution in [-0.2, 0) is 11.2 Å². The van der Waals surface area contributed by atoms with E-state index in [1.807, 2.05) is 30.3 Å². The predicted octanol–water partition coefficient (Wildman–Crippen LogP) is 1.08. The minimum absolute atomic E-state index is 0.225. The molecular weight excluding hydrogens is 212 g/mol. The van der Waals surface area contributed by atoms with Gasteiger partial charge in [-0.05, 0) is 25.8 Å². The largest absolute Gasteiger partial charge is 0.339 e. The summed E-state index contributed by atoms with van der Waals surface area (Å²) < 4.78 is 0. The Morgan fingerprint density at radius 1 is 1.47 bits per heavy atom. The van der Waals surface area contributed by atoms with Crippen LogP contribution in [-0.4, -0.2) is 17.5 Å². The van der Waals surface area contributed by atoms with Gasteiger partial charge in [-0.15, -0.1) is 6.42 Å². The van der Waals surface area contributed by atoms with Gasteiger partial charge < -0.3 is 11.1 Å². The third-order valence-electron chi connectivity index (χ3n) is 2.43. The second-order valence-corrected chi connectivity index (χ2v) is 4.55. The van der Waals surface area contributed by atoms with Crippen LogP contribution >= 0.6 is 0 Å². The summed E-state index contributed by atoms with van der Waals surface area (Å²) in [4.78, 5) is 11.8. The first-order chi connectivity index (χ1) is 7.94. The Morgan fingerprint density at radius 3 is 2.59 bits per heavy atom. The van der Waals surface area contributed by atoms with Gasteiger partial charge in [0, 0.05) is 0 Å². The van der Waals surface area contributed by atoms with Crippen molar-refractivity contribution in [2.45, 2.75) is 31.8 Å². The Hall–Kier alpha value is -1.79. The van der Waals surface area contributed by atoms with E-state index in [4.69, 9.17) is 12.2 Å². The van der Waals surface area contributed by atoms with E-state index in [-0.39, 0.29) is 5.91 Å². The number of benzene rings is 1. The molecule has 1 amide bonds. The molecule has 0 saturated carbocycles. The molecule has 0 spiro atoms. The Kier molecular flexibility index (Phi) is 4.30. The van der Waals surface area contributed by atoms with Gasteiger partial charge in [0.15, 0.2) is 0 Å². The summed E-state index contributed by atoms with van der Waals surface area (Å²) in [7, 11) is 0. The molecule has 0 bridgehead atoms. The molecule has 0 unspecified atom stereocenters. The molecule has 0 radical (unpaired) electrons. The van der Waals surface area contributed by atoms with Crippen LogP contribution < -0.4 is 11.1 Å². The zero-order valence-corrected chi connectivity index (χ0v) is 10.2. The highest BCUT2D eigenvalue weighted by Crippen LogP contribution is 2.04. The maximum atomic E-state index is 11.8. The molecule has 90 valence electrons. The third-order valence-corrected chi connectivity index (χ3v) is 2.43.